The van der Waals surface area contributed by atoms with Gasteiger partial charge in [0.15, 0.2) is 11.5 Å². The Morgan fingerprint density at radius 3 is 2.72 bits per heavy atom. The minimum absolute atomic E-state index is 0.143. The first kappa shape index (κ1) is 19.6. The SMILES string of the molecule is C=CCOc1c(Cl)cc(/C=C2\SC(=S)N(CC=C)C2=O)cc1OCC. The summed E-state index contributed by atoms with van der Waals surface area (Å²) in [6.07, 6.45) is 5.02. The molecule has 1 aliphatic rings. The van der Waals surface area contributed by atoms with Crippen LogP contribution in [-0.4, -0.2) is 34.9 Å². The van der Waals surface area contributed by atoms with Gasteiger partial charge in [-0.3, -0.25) is 9.69 Å². The Hall–Kier alpha value is -1.76. The van der Waals surface area contributed by atoms with Crippen LogP contribution < -0.4 is 9.47 Å². The maximum absolute atomic E-state index is 12.4. The number of hydrogen-bond acceptors (Lipinski definition) is 5. The van der Waals surface area contributed by atoms with Gasteiger partial charge in [0.25, 0.3) is 5.91 Å². The molecule has 25 heavy (non-hydrogen) atoms. The summed E-state index contributed by atoms with van der Waals surface area (Å²) in [6.45, 7) is 10.3. The Morgan fingerprint density at radius 1 is 1.32 bits per heavy atom. The van der Waals surface area contributed by atoms with Crippen molar-refractivity contribution in [2.45, 2.75) is 6.92 Å². The first-order valence-corrected chi connectivity index (χ1v) is 9.18. The zero-order chi connectivity index (χ0) is 18.4. The third kappa shape index (κ3) is 4.66. The highest BCUT2D eigenvalue weighted by atomic mass is 35.5. The Labute approximate surface area is 162 Å². The van der Waals surface area contributed by atoms with Crippen molar-refractivity contribution in [2.75, 3.05) is 19.8 Å². The summed E-state index contributed by atoms with van der Waals surface area (Å²) >= 11 is 12.8. The van der Waals surface area contributed by atoms with Gasteiger partial charge in [0.05, 0.1) is 16.5 Å². The maximum Gasteiger partial charge on any atom is 0.266 e. The highest BCUT2D eigenvalue weighted by Crippen LogP contribution is 2.39. The normalized spacial score (nSPS) is 15.6. The molecule has 0 saturated carbocycles. The van der Waals surface area contributed by atoms with Gasteiger partial charge >= 0.3 is 0 Å². The molecule has 4 nitrogen and oxygen atoms in total. The van der Waals surface area contributed by atoms with E-state index in [4.69, 9.17) is 33.3 Å². The highest BCUT2D eigenvalue weighted by molar-refractivity contribution is 8.26. The van der Waals surface area contributed by atoms with Gasteiger partial charge in [-0.2, -0.15) is 0 Å². The summed E-state index contributed by atoms with van der Waals surface area (Å²) in [5.41, 5.74) is 0.735. The number of nitrogens with zero attached hydrogens (tertiary/aromatic N) is 1. The van der Waals surface area contributed by atoms with Crippen LogP contribution >= 0.6 is 35.6 Å². The lowest BCUT2D eigenvalue weighted by Gasteiger charge is -2.13. The number of hydrogen-bond donors (Lipinski definition) is 0. The summed E-state index contributed by atoms with van der Waals surface area (Å²) < 4.78 is 11.7. The molecule has 0 spiro atoms. The number of benzene rings is 1. The van der Waals surface area contributed by atoms with Gasteiger partial charge in [-0.05, 0) is 30.7 Å². The molecule has 2 rings (SSSR count). The molecule has 1 aliphatic heterocycles. The van der Waals surface area contributed by atoms with Gasteiger partial charge in [-0.1, -0.05) is 54.3 Å². The molecule has 0 aliphatic carbocycles. The summed E-state index contributed by atoms with van der Waals surface area (Å²) in [7, 11) is 0. The van der Waals surface area contributed by atoms with Crippen molar-refractivity contribution in [1.29, 1.82) is 0 Å². The number of amides is 1. The van der Waals surface area contributed by atoms with Crippen LogP contribution in [0.5, 0.6) is 11.5 Å². The maximum atomic E-state index is 12.4. The molecular weight excluding hydrogens is 378 g/mol. The van der Waals surface area contributed by atoms with E-state index >= 15 is 0 Å². The fraction of sp³-hybridized carbons (Fsp3) is 0.222. The summed E-state index contributed by atoms with van der Waals surface area (Å²) in [5, 5.41) is 0.403. The van der Waals surface area contributed by atoms with Crippen molar-refractivity contribution in [1.82, 2.24) is 4.90 Å². The third-order valence-electron chi connectivity index (χ3n) is 3.16. The lowest BCUT2D eigenvalue weighted by Crippen LogP contribution is -2.27. The predicted molar refractivity (Wildman–Crippen MR) is 108 cm³/mol. The van der Waals surface area contributed by atoms with Crippen LogP contribution in [0, 0.1) is 0 Å². The average molecular weight is 396 g/mol. The largest absolute Gasteiger partial charge is 0.490 e. The van der Waals surface area contributed by atoms with Crippen molar-refractivity contribution in [2.24, 2.45) is 0 Å². The van der Waals surface area contributed by atoms with Crippen molar-refractivity contribution in [3.05, 3.63) is 52.9 Å². The first-order valence-electron chi connectivity index (χ1n) is 7.58. The van der Waals surface area contributed by atoms with Crippen LogP contribution in [-0.2, 0) is 4.79 Å². The van der Waals surface area contributed by atoms with Crippen LogP contribution in [0.2, 0.25) is 5.02 Å². The van der Waals surface area contributed by atoms with E-state index in [-0.39, 0.29) is 5.91 Å². The number of thiocarbonyl (C=S) groups is 1. The highest BCUT2D eigenvalue weighted by Gasteiger charge is 2.31. The van der Waals surface area contributed by atoms with E-state index in [0.29, 0.717) is 45.5 Å². The van der Waals surface area contributed by atoms with Gasteiger partial charge in [-0.25, -0.2) is 0 Å². The Balaban J connectivity index is 2.36. The van der Waals surface area contributed by atoms with Gasteiger partial charge in [0.1, 0.15) is 10.9 Å². The lowest BCUT2D eigenvalue weighted by molar-refractivity contribution is -0.121. The quantitative estimate of drug-likeness (QED) is 0.362. The Kier molecular flexibility index (Phi) is 7.11. The molecule has 0 aromatic heterocycles. The smallest absolute Gasteiger partial charge is 0.266 e. The summed E-state index contributed by atoms with van der Waals surface area (Å²) in [6, 6.07) is 3.51. The van der Waals surface area contributed by atoms with Crippen LogP contribution in [0.4, 0.5) is 0 Å². The number of halogens is 1. The summed E-state index contributed by atoms with van der Waals surface area (Å²) in [5.74, 6) is 0.834. The minimum atomic E-state index is -0.143. The first-order chi connectivity index (χ1) is 12.0. The van der Waals surface area contributed by atoms with Crippen LogP contribution in [0.25, 0.3) is 6.08 Å². The number of carbonyl (C=O) groups excluding carboxylic acids is 1. The third-order valence-corrected chi connectivity index (χ3v) is 4.82. The van der Waals surface area contributed by atoms with Gasteiger partial charge in [-0.15, -0.1) is 6.58 Å². The van der Waals surface area contributed by atoms with Gasteiger partial charge < -0.3 is 9.47 Å². The molecule has 0 unspecified atom stereocenters. The zero-order valence-electron chi connectivity index (χ0n) is 13.8. The number of thioether (sulfide) groups is 1. The molecule has 1 saturated heterocycles. The summed E-state index contributed by atoms with van der Waals surface area (Å²) in [4.78, 5) is 14.5. The van der Waals surface area contributed by atoms with Crippen LogP contribution in [0.3, 0.4) is 0 Å². The van der Waals surface area contributed by atoms with E-state index in [0.717, 1.165) is 5.56 Å². The minimum Gasteiger partial charge on any atom is -0.490 e. The van der Waals surface area contributed by atoms with E-state index in [9.17, 15) is 4.79 Å². The number of carbonyl (C=O) groups is 1. The fourth-order valence-electron chi connectivity index (χ4n) is 2.15. The molecule has 7 heteroatoms. The van der Waals surface area contributed by atoms with E-state index in [1.165, 1.54) is 16.7 Å². The zero-order valence-corrected chi connectivity index (χ0v) is 16.2. The Bertz CT molecular complexity index is 746. The average Bonchev–Trinajstić information content (AvgIpc) is 2.82. The molecule has 0 radical (unpaired) electrons. The molecule has 1 aromatic carbocycles. The second kappa shape index (κ2) is 9.08. The molecule has 1 fully saturated rings. The molecule has 132 valence electrons. The Morgan fingerprint density at radius 2 is 2.08 bits per heavy atom. The number of rotatable bonds is 8. The van der Waals surface area contributed by atoms with E-state index in [1.54, 1.807) is 30.4 Å². The van der Waals surface area contributed by atoms with Crippen molar-refractivity contribution >= 4 is 51.9 Å². The fourth-order valence-corrected chi connectivity index (χ4v) is 3.70. The standard InChI is InChI=1S/C18H18ClNO3S2/c1-4-7-20-17(21)15(25-18(20)24)11-12-9-13(19)16(23-8-5-2)14(10-12)22-6-3/h4-5,9-11H,1-2,6-8H2,3H3/b15-11-. The second-order valence-corrected chi connectivity index (χ2v) is 7.03. The molecule has 0 N–H and O–H groups in total. The van der Waals surface area contributed by atoms with Crippen LogP contribution in [0.15, 0.2) is 42.3 Å². The monoisotopic (exact) mass is 395 g/mol. The second-order valence-electron chi connectivity index (χ2n) is 4.94. The molecule has 1 aromatic rings. The predicted octanol–water partition coefficient (Wildman–Crippen LogP) is 4.69. The lowest BCUT2D eigenvalue weighted by atomic mass is 10.1. The molecule has 1 amide bonds. The van der Waals surface area contributed by atoms with E-state index in [1.807, 2.05) is 6.92 Å². The van der Waals surface area contributed by atoms with E-state index in [2.05, 4.69) is 13.2 Å². The van der Waals surface area contributed by atoms with Crippen molar-refractivity contribution in [3.8, 4) is 11.5 Å². The molecular formula is C18H18ClNO3S2. The topological polar surface area (TPSA) is 38.8 Å². The number of ether oxygens (including phenoxy) is 2. The molecule has 0 atom stereocenters. The van der Waals surface area contributed by atoms with Crippen LogP contribution in [0.1, 0.15) is 12.5 Å². The van der Waals surface area contributed by atoms with E-state index < -0.39 is 0 Å². The molecule has 0 bridgehead atoms. The van der Waals surface area contributed by atoms with Gasteiger partial charge in [0, 0.05) is 6.54 Å². The van der Waals surface area contributed by atoms with Crippen molar-refractivity contribution in [3.63, 3.8) is 0 Å². The van der Waals surface area contributed by atoms with Crippen molar-refractivity contribution < 1.29 is 14.3 Å². The van der Waals surface area contributed by atoms with Gasteiger partial charge in [0.2, 0.25) is 0 Å². The molecule has 1 heterocycles.